The van der Waals surface area contributed by atoms with Gasteiger partial charge in [0.25, 0.3) is 5.91 Å². The summed E-state index contributed by atoms with van der Waals surface area (Å²) in [5.74, 6) is 0.576. The van der Waals surface area contributed by atoms with Crippen LogP contribution in [-0.4, -0.2) is 52.0 Å². The minimum Gasteiger partial charge on any atom is -0.480 e. The minimum absolute atomic E-state index is 0.242. The SMILES string of the molecule is COc1c(Br)c(C(=O)Nc2cc(CN(C)C)[nH]n2)nn1C. The zero-order valence-corrected chi connectivity index (χ0v) is 13.9. The number of aromatic nitrogens is 4. The van der Waals surface area contributed by atoms with Crippen molar-refractivity contribution < 1.29 is 9.53 Å². The summed E-state index contributed by atoms with van der Waals surface area (Å²) >= 11 is 3.31. The molecule has 2 aromatic rings. The maximum Gasteiger partial charge on any atom is 0.278 e. The fourth-order valence-corrected chi connectivity index (χ4v) is 2.55. The number of carbonyl (C=O) groups is 1. The summed E-state index contributed by atoms with van der Waals surface area (Å²) in [6.45, 7) is 0.712. The average Bonchev–Trinajstić information content (AvgIpc) is 2.93. The highest BCUT2D eigenvalue weighted by Gasteiger charge is 2.21. The molecule has 114 valence electrons. The second-order valence-corrected chi connectivity index (χ2v) is 5.56. The molecular formula is C12H17BrN6O2. The van der Waals surface area contributed by atoms with E-state index in [0.717, 1.165) is 5.69 Å². The molecule has 1 amide bonds. The van der Waals surface area contributed by atoms with Crippen molar-refractivity contribution in [2.45, 2.75) is 6.54 Å². The number of halogens is 1. The van der Waals surface area contributed by atoms with Gasteiger partial charge < -0.3 is 15.0 Å². The molecule has 0 unspecified atom stereocenters. The van der Waals surface area contributed by atoms with E-state index in [0.29, 0.717) is 22.7 Å². The molecule has 0 atom stereocenters. The Kier molecular flexibility index (Phi) is 4.63. The van der Waals surface area contributed by atoms with E-state index in [1.807, 2.05) is 19.0 Å². The van der Waals surface area contributed by atoms with Crippen molar-refractivity contribution in [2.24, 2.45) is 7.05 Å². The first-order valence-corrected chi connectivity index (χ1v) is 6.98. The van der Waals surface area contributed by atoms with Crippen LogP contribution in [0.5, 0.6) is 5.88 Å². The second-order valence-electron chi connectivity index (χ2n) is 4.77. The van der Waals surface area contributed by atoms with Crippen molar-refractivity contribution >= 4 is 27.7 Å². The first kappa shape index (κ1) is 15.5. The fraction of sp³-hybridized carbons (Fsp3) is 0.417. The Bertz CT molecular complexity index is 648. The van der Waals surface area contributed by atoms with Gasteiger partial charge >= 0.3 is 0 Å². The van der Waals surface area contributed by atoms with Crippen LogP contribution in [-0.2, 0) is 13.6 Å². The molecule has 8 nitrogen and oxygen atoms in total. The minimum atomic E-state index is -0.358. The summed E-state index contributed by atoms with van der Waals surface area (Å²) in [6.07, 6.45) is 0. The first-order chi connectivity index (χ1) is 9.92. The number of aryl methyl sites for hydroxylation is 1. The third-order valence-corrected chi connectivity index (χ3v) is 3.42. The lowest BCUT2D eigenvalue weighted by Crippen LogP contribution is -2.14. The molecule has 0 aliphatic rings. The van der Waals surface area contributed by atoms with Crippen LogP contribution in [0.4, 0.5) is 5.82 Å². The van der Waals surface area contributed by atoms with Gasteiger partial charge in [0, 0.05) is 19.7 Å². The molecule has 9 heteroatoms. The number of nitrogens with zero attached hydrogens (tertiary/aromatic N) is 4. The normalized spacial score (nSPS) is 11.0. The molecule has 0 saturated heterocycles. The zero-order chi connectivity index (χ0) is 15.6. The summed E-state index contributed by atoms with van der Waals surface area (Å²) in [4.78, 5) is 14.2. The van der Waals surface area contributed by atoms with Crippen molar-refractivity contribution in [3.63, 3.8) is 0 Å². The molecule has 21 heavy (non-hydrogen) atoms. The average molecular weight is 357 g/mol. The highest BCUT2D eigenvalue weighted by Crippen LogP contribution is 2.28. The fourth-order valence-electron chi connectivity index (χ4n) is 1.87. The Hall–Kier alpha value is -1.87. The van der Waals surface area contributed by atoms with E-state index in [1.165, 1.54) is 11.8 Å². The predicted molar refractivity (Wildman–Crippen MR) is 81.4 cm³/mol. The highest BCUT2D eigenvalue weighted by molar-refractivity contribution is 9.10. The third kappa shape index (κ3) is 3.42. The topological polar surface area (TPSA) is 88.1 Å². The van der Waals surface area contributed by atoms with Gasteiger partial charge in [-0.2, -0.15) is 10.2 Å². The van der Waals surface area contributed by atoms with Gasteiger partial charge in [-0.1, -0.05) is 0 Å². The summed E-state index contributed by atoms with van der Waals surface area (Å²) < 4.78 is 7.15. The lowest BCUT2D eigenvalue weighted by atomic mass is 10.3. The van der Waals surface area contributed by atoms with Crippen molar-refractivity contribution in [2.75, 3.05) is 26.5 Å². The molecule has 0 aliphatic carbocycles. The molecule has 0 fully saturated rings. The van der Waals surface area contributed by atoms with Crippen molar-refractivity contribution in [3.8, 4) is 5.88 Å². The number of hydrogen-bond donors (Lipinski definition) is 2. The van der Waals surface area contributed by atoms with Gasteiger partial charge in [-0.25, -0.2) is 4.68 Å². The summed E-state index contributed by atoms with van der Waals surface area (Å²) in [7, 11) is 7.13. The van der Waals surface area contributed by atoms with Gasteiger partial charge in [-0.15, -0.1) is 0 Å². The molecule has 2 rings (SSSR count). The summed E-state index contributed by atoms with van der Waals surface area (Å²) in [5, 5.41) is 13.7. The van der Waals surface area contributed by atoms with E-state index in [-0.39, 0.29) is 11.6 Å². The van der Waals surface area contributed by atoms with E-state index in [1.54, 1.807) is 13.1 Å². The van der Waals surface area contributed by atoms with Crippen LogP contribution in [0.1, 0.15) is 16.2 Å². The Morgan fingerprint density at radius 3 is 2.86 bits per heavy atom. The van der Waals surface area contributed by atoms with E-state index in [9.17, 15) is 4.79 Å². The van der Waals surface area contributed by atoms with Crippen molar-refractivity contribution in [3.05, 3.63) is 21.9 Å². The Morgan fingerprint density at radius 2 is 2.29 bits per heavy atom. The molecule has 0 aromatic carbocycles. The number of aromatic amines is 1. The maximum absolute atomic E-state index is 12.2. The Balaban J connectivity index is 2.13. The van der Waals surface area contributed by atoms with Gasteiger partial charge in [0.2, 0.25) is 5.88 Å². The van der Waals surface area contributed by atoms with Crippen molar-refractivity contribution in [1.82, 2.24) is 24.9 Å². The summed E-state index contributed by atoms with van der Waals surface area (Å²) in [5.41, 5.74) is 1.15. The van der Waals surface area contributed by atoms with Gasteiger partial charge in [0.05, 0.1) is 12.8 Å². The highest BCUT2D eigenvalue weighted by atomic mass is 79.9. The number of rotatable bonds is 5. The maximum atomic E-state index is 12.2. The van der Waals surface area contributed by atoms with Gasteiger partial charge in [0.1, 0.15) is 4.47 Å². The number of ether oxygens (including phenoxy) is 1. The van der Waals surface area contributed by atoms with Gasteiger partial charge in [-0.3, -0.25) is 9.89 Å². The molecule has 0 aliphatic heterocycles. The number of anilines is 1. The first-order valence-electron chi connectivity index (χ1n) is 6.19. The van der Waals surface area contributed by atoms with Crippen LogP contribution in [0.2, 0.25) is 0 Å². The monoisotopic (exact) mass is 356 g/mol. The molecule has 2 N–H and O–H groups in total. The molecule has 0 bridgehead atoms. The lowest BCUT2D eigenvalue weighted by Gasteiger charge is -2.05. The van der Waals surface area contributed by atoms with Crippen LogP contribution >= 0.6 is 15.9 Å². The number of nitrogens with one attached hydrogen (secondary N) is 2. The number of amides is 1. The molecular weight excluding hydrogens is 340 g/mol. The van der Waals surface area contributed by atoms with Crippen LogP contribution in [0.15, 0.2) is 10.5 Å². The number of hydrogen-bond acceptors (Lipinski definition) is 5. The van der Waals surface area contributed by atoms with E-state index >= 15 is 0 Å². The largest absolute Gasteiger partial charge is 0.480 e. The molecule has 2 aromatic heterocycles. The zero-order valence-electron chi connectivity index (χ0n) is 12.3. The second kappa shape index (κ2) is 6.27. The molecule has 0 spiro atoms. The van der Waals surface area contributed by atoms with Crippen molar-refractivity contribution in [1.29, 1.82) is 0 Å². The third-order valence-electron chi connectivity index (χ3n) is 2.71. The van der Waals surface area contributed by atoms with Gasteiger partial charge in [0.15, 0.2) is 11.5 Å². The van der Waals surface area contributed by atoms with E-state index in [4.69, 9.17) is 4.74 Å². The Morgan fingerprint density at radius 1 is 1.57 bits per heavy atom. The number of methoxy groups -OCH3 is 1. The summed E-state index contributed by atoms with van der Waals surface area (Å²) in [6, 6.07) is 1.78. The lowest BCUT2D eigenvalue weighted by molar-refractivity contribution is 0.102. The molecule has 2 heterocycles. The standard InChI is InChI=1S/C12H17BrN6O2/c1-18(2)6-7-5-8(16-15-7)14-11(20)10-9(13)12(21-4)19(3)17-10/h5H,6H2,1-4H3,(H2,14,15,16,20). The smallest absolute Gasteiger partial charge is 0.278 e. The quantitative estimate of drug-likeness (QED) is 0.840. The molecule has 0 radical (unpaired) electrons. The van der Waals surface area contributed by atoms with Crippen LogP contribution in [0.25, 0.3) is 0 Å². The number of H-pyrrole nitrogens is 1. The van der Waals surface area contributed by atoms with Crippen LogP contribution in [0.3, 0.4) is 0 Å². The molecule has 0 saturated carbocycles. The predicted octanol–water partition coefficient (Wildman–Crippen LogP) is 1.23. The van der Waals surface area contributed by atoms with E-state index in [2.05, 4.69) is 36.5 Å². The Labute approximate surface area is 130 Å². The van der Waals surface area contributed by atoms with Gasteiger partial charge in [-0.05, 0) is 30.0 Å². The van der Waals surface area contributed by atoms with Crippen LogP contribution in [0, 0.1) is 0 Å². The van der Waals surface area contributed by atoms with Crippen LogP contribution < -0.4 is 10.1 Å². The van der Waals surface area contributed by atoms with E-state index < -0.39 is 0 Å². The number of carbonyl (C=O) groups excluding carboxylic acids is 1.